The van der Waals surface area contributed by atoms with E-state index in [4.69, 9.17) is 9.47 Å². The Labute approximate surface area is 131 Å². The average Bonchev–Trinajstić information content (AvgIpc) is 3.12. The van der Waals surface area contributed by atoms with Gasteiger partial charge in [-0.2, -0.15) is 0 Å². The first-order valence-corrected chi connectivity index (χ1v) is 7.97. The number of benzene rings is 1. The second-order valence-corrected chi connectivity index (χ2v) is 7.27. The molecule has 0 bridgehead atoms. The lowest BCUT2D eigenvalue weighted by molar-refractivity contribution is -0.123. The summed E-state index contributed by atoms with van der Waals surface area (Å²) in [5.41, 5.74) is 0.322. The second kappa shape index (κ2) is 5.36. The van der Waals surface area contributed by atoms with Crippen molar-refractivity contribution in [2.75, 3.05) is 6.61 Å². The third kappa shape index (κ3) is 2.90. The first-order valence-electron chi connectivity index (χ1n) is 7.97. The summed E-state index contributed by atoms with van der Waals surface area (Å²) < 4.78 is 11.1. The van der Waals surface area contributed by atoms with Crippen LogP contribution < -0.4 is 4.74 Å². The number of carbonyl (C=O) groups is 1. The van der Waals surface area contributed by atoms with Crippen LogP contribution in [0.25, 0.3) is 0 Å². The number of hydrogen-bond donors (Lipinski definition) is 1. The Hall–Kier alpha value is -1.39. The monoisotopic (exact) mass is 304 g/mol. The van der Waals surface area contributed by atoms with E-state index in [1.807, 2.05) is 31.2 Å². The lowest BCUT2D eigenvalue weighted by Gasteiger charge is -2.32. The molecule has 3 atom stereocenters. The van der Waals surface area contributed by atoms with E-state index < -0.39 is 11.7 Å². The number of hydrogen-bond acceptors (Lipinski definition) is 4. The number of fused-ring (bicyclic) bond motifs is 1. The van der Waals surface area contributed by atoms with Gasteiger partial charge in [0.2, 0.25) is 0 Å². The third-order valence-corrected chi connectivity index (χ3v) is 4.61. The van der Waals surface area contributed by atoms with Crippen LogP contribution in [0.4, 0.5) is 0 Å². The third-order valence-electron chi connectivity index (χ3n) is 4.61. The van der Waals surface area contributed by atoms with Crippen molar-refractivity contribution >= 4 is 5.78 Å². The summed E-state index contributed by atoms with van der Waals surface area (Å²) in [6.45, 7) is 6.74. The van der Waals surface area contributed by atoms with Crippen molar-refractivity contribution in [3.05, 3.63) is 29.8 Å². The second-order valence-electron chi connectivity index (χ2n) is 7.27. The Bertz CT molecular complexity index is 563. The maximum atomic E-state index is 12.1. The maximum Gasteiger partial charge on any atom is 0.165 e. The van der Waals surface area contributed by atoms with Crippen LogP contribution >= 0.6 is 0 Å². The highest BCUT2D eigenvalue weighted by atomic mass is 16.6. The largest absolute Gasteiger partial charge is 0.494 e. The van der Waals surface area contributed by atoms with E-state index in [9.17, 15) is 9.90 Å². The molecule has 1 aliphatic carbocycles. The van der Waals surface area contributed by atoms with Crippen LogP contribution in [-0.2, 0) is 9.53 Å². The zero-order chi connectivity index (χ0) is 16.0. The fraction of sp³-hybridized carbons (Fsp3) is 0.611. The van der Waals surface area contributed by atoms with Crippen LogP contribution in [0, 0.1) is 5.41 Å². The van der Waals surface area contributed by atoms with Crippen molar-refractivity contribution < 1.29 is 19.4 Å². The molecule has 0 aromatic heterocycles. The van der Waals surface area contributed by atoms with Gasteiger partial charge in [-0.3, -0.25) is 4.79 Å². The number of ether oxygens (including phenoxy) is 2. The first-order chi connectivity index (χ1) is 10.4. The van der Waals surface area contributed by atoms with Crippen LogP contribution in [0.3, 0.4) is 0 Å². The molecule has 3 unspecified atom stereocenters. The molecule has 4 heteroatoms. The summed E-state index contributed by atoms with van der Waals surface area (Å²) >= 11 is 0. The molecule has 1 aromatic carbocycles. The van der Waals surface area contributed by atoms with Crippen molar-refractivity contribution in [2.45, 2.75) is 57.8 Å². The van der Waals surface area contributed by atoms with E-state index in [0.29, 0.717) is 19.4 Å². The van der Waals surface area contributed by atoms with Gasteiger partial charge in [0, 0.05) is 12.8 Å². The lowest BCUT2D eigenvalue weighted by atomic mass is 9.70. The highest BCUT2D eigenvalue weighted by molar-refractivity contribution is 5.88. The predicted octanol–water partition coefficient (Wildman–Crippen LogP) is 3.04. The SMILES string of the molecule is CCOc1ccc(C(O)CC23CC(C)(C)CC(=O)C2O3)cc1. The summed E-state index contributed by atoms with van der Waals surface area (Å²) in [5.74, 6) is 0.973. The van der Waals surface area contributed by atoms with Crippen molar-refractivity contribution in [3.8, 4) is 5.75 Å². The average molecular weight is 304 g/mol. The normalized spacial score (nSPS) is 30.5. The molecule has 0 spiro atoms. The Kier molecular flexibility index (Phi) is 3.77. The molecule has 4 nitrogen and oxygen atoms in total. The van der Waals surface area contributed by atoms with Crippen LogP contribution in [-0.4, -0.2) is 29.2 Å². The maximum absolute atomic E-state index is 12.1. The van der Waals surface area contributed by atoms with Crippen molar-refractivity contribution in [1.29, 1.82) is 0 Å². The van der Waals surface area contributed by atoms with Gasteiger partial charge >= 0.3 is 0 Å². The van der Waals surface area contributed by atoms with Gasteiger partial charge in [0.25, 0.3) is 0 Å². The van der Waals surface area contributed by atoms with Gasteiger partial charge in [0.15, 0.2) is 5.78 Å². The van der Waals surface area contributed by atoms with Gasteiger partial charge in [0.05, 0.1) is 12.7 Å². The topological polar surface area (TPSA) is 59.1 Å². The molecule has 1 aromatic rings. The molecule has 2 aliphatic rings. The van der Waals surface area contributed by atoms with E-state index in [2.05, 4.69) is 13.8 Å². The number of aliphatic hydroxyl groups is 1. The number of Topliss-reactive ketones (excluding diaryl/α,β-unsaturated/α-hetero) is 1. The minimum absolute atomic E-state index is 0.0529. The Morgan fingerprint density at radius 2 is 2.05 bits per heavy atom. The molecule has 1 aliphatic heterocycles. The molecule has 22 heavy (non-hydrogen) atoms. The number of ketones is 1. The van der Waals surface area contributed by atoms with Crippen molar-refractivity contribution in [2.24, 2.45) is 5.41 Å². The zero-order valence-electron chi connectivity index (χ0n) is 13.5. The molecule has 3 rings (SSSR count). The number of rotatable bonds is 5. The van der Waals surface area contributed by atoms with E-state index in [0.717, 1.165) is 17.7 Å². The smallest absolute Gasteiger partial charge is 0.165 e. The standard InChI is InChI=1S/C18H24O4/c1-4-21-13-7-5-12(6-8-13)14(19)10-18-11-17(2,3)9-15(20)16(18)22-18/h5-8,14,16,19H,4,9-11H2,1-3H3. The highest BCUT2D eigenvalue weighted by Gasteiger charge is 2.65. The lowest BCUT2D eigenvalue weighted by Crippen LogP contribution is -2.37. The predicted molar refractivity (Wildman–Crippen MR) is 82.8 cm³/mol. The van der Waals surface area contributed by atoms with E-state index in [1.54, 1.807) is 0 Å². The Morgan fingerprint density at radius 1 is 1.36 bits per heavy atom. The fourth-order valence-electron chi connectivity index (χ4n) is 3.76. The highest BCUT2D eigenvalue weighted by Crippen LogP contribution is 2.56. The summed E-state index contributed by atoms with van der Waals surface area (Å²) in [7, 11) is 0. The quantitative estimate of drug-likeness (QED) is 0.849. The molecular weight excluding hydrogens is 280 g/mol. The summed E-state index contributed by atoms with van der Waals surface area (Å²) in [4.78, 5) is 12.1. The molecule has 1 N–H and O–H groups in total. The number of epoxide rings is 1. The van der Waals surface area contributed by atoms with Gasteiger partial charge in [-0.15, -0.1) is 0 Å². The minimum Gasteiger partial charge on any atom is -0.494 e. The number of carbonyl (C=O) groups excluding carboxylic acids is 1. The van der Waals surface area contributed by atoms with E-state index in [1.165, 1.54) is 0 Å². The summed E-state index contributed by atoms with van der Waals surface area (Å²) in [6.07, 6.45) is 0.935. The summed E-state index contributed by atoms with van der Waals surface area (Å²) in [5, 5.41) is 10.5. The van der Waals surface area contributed by atoms with Gasteiger partial charge in [0.1, 0.15) is 17.5 Å². The van der Waals surface area contributed by atoms with Gasteiger partial charge in [-0.25, -0.2) is 0 Å². The number of aliphatic hydroxyl groups excluding tert-OH is 1. The van der Waals surface area contributed by atoms with Crippen molar-refractivity contribution in [1.82, 2.24) is 0 Å². The minimum atomic E-state index is -0.623. The van der Waals surface area contributed by atoms with Gasteiger partial charge < -0.3 is 14.6 Å². The molecule has 1 heterocycles. The Morgan fingerprint density at radius 3 is 2.68 bits per heavy atom. The van der Waals surface area contributed by atoms with Crippen LogP contribution in [0.1, 0.15) is 51.7 Å². The molecule has 0 radical (unpaired) electrons. The molecule has 1 saturated carbocycles. The zero-order valence-corrected chi connectivity index (χ0v) is 13.5. The first kappa shape index (κ1) is 15.5. The molecule has 0 amide bonds. The summed E-state index contributed by atoms with van der Waals surface area (Å²) in [6, 6.07) is 7.47. The van der Waals surface area contributed by atoms with Crippen LogP contribution in [0.2, 0.25) is 0 Å². The van der Waals surface area contributed by atoms with Crippen LogP contribution in [0.15, 0.2) is 24.3 Å². The molecular formula is C18H24O4. The molecule has 120 valence electrons. The van der Waals surface area contributed by atoms with Crippen molar-refractivity contribution in [3.63, 3.8) is 0 Å². The fourth-order valence-corrected chi connectivity index (χ4v) is 3.76. The molecule has 2 fully saturated rings. The Balaban J connectivity index is 1.69. The van der Waals surface area contributed by atoms with E-state index >= 15 is 0 Å². The van der Waals surface area contributed by atoms with Crippen LogP contribution in [0.5, 0.6) is 5.75 Å². The van der Waals surface area contributed by atoms with Gasteiger partial charge in [-0.1, -0.05) is 26.0 Å². The van der Waals surface area contributed by atoms with Gasteiger partial charge in [-0.05, 0) is 36.5 Å². The van der Waals surface area contributed by atoms with E-state index in [-0.39, 0.29) is 17.3 Å². The molecule has 1 saturated heterocycles.